The molecule has 1 aliphatic rings. The SMILES string of the molecule is N#Cc1ccc(N2CCN(C(=O)Cc3nc4c(O)cccc4c(=O)[nH]3)CC2)nc1. The number of piperazine rings is 1. The highest BCUT2D eigenvalue weighted by atomic mass is 16.3. The molecule has 1 aliphatic heterocycles. The number of pyridine rings is 1. The van der Waals surface area contributed by atoms with Crippen molar-refractivity contribution in [1.29, 1.82) is 5.26 Å². The molecule has 2 N–H and O–H groups in total. The van der Waals surface area contributed by atoms with Gasteiger partial charge < -0.3 is 19.9 Å². The molecular weight excluding hydrogens is 372 g/mol. The number of aromatic hydroxyl groups is 1. The van der Waals surface area contributed by atoms with Crippen LogP contribution in [0.3, 0.4) is 0 Å². The number of phenolic OH excluding ortho intramolecular Hbond substituents is 1. The van der Waals surface area contributed by atoms with Gasteiger partial charge in [0.05, 0.1) is 17.4 Å². The quantitative estimate of drug-likeness (QED) is 0.677. The summed E-state index contributed by atoms with van der Waals surface area (Å²) in [5, 5.41) is 19.1. The van der Waals surface area contributed by atoms with E-state index >= 15 is 0 Å². The number of rotatable bonds is 3. The Morgan fingerprint density at radius 3 is 2.69 bits per heavy atom. The minimum Gasteiger partial charge on any atom is -0.506 e. The van der Waals surface area contributed by atoms with E-state index in [1.165, 1.54) is 12.3 Å². The van der Waals surface area contributed by atoms with E-state index in [1.54, 1.807) is 29.2 Å². The summed E-state index contributed by atoms with van der Waals surface area (Å²) in [4.78, 5) is 39.8. The van der Waals surface area contributed by atoms with Gasteiger partial charge in [0.25, 0.3) is 5.56 Å². The fourth-order valence-corrected chi connectivity index (χ4v) is 3.36. The van der Waals surface area contributed by atoms with Crippen molar-refractivity contribution in [2.24, 2.45) is 0 Å². The number of fused-ring (bicyclic) bond motifs is 1. The predicted octanol–water partition coefficient (Wildman–Crippen LogP) is 0.787. The lowest BCUT2D eigenvalue weighted by molar-refractivity contribution is -0.130. The smallest absolute Gasteiger partial charge is 0.258 e. The van der Waals surface area contributed by atoms with Crippen LogP contribution in [-0.2, 0) is 11.2 Å². The molecule has 0 unspecified atom stereocenters. The monoisotopic (exact) mass is 390 g/mol. The molecular formula is C20H18N6O3. The van der Waals surface area contributed by atoms with Crippen LogP contribution in [-0.4, -0.2) is 57.0 Å². The maximum Gasteiger partial charge on any atom is 0.258 e. The first kappa shape index (κ1) is 18.4. The third-order valence-electron chi connectivity index (χ3n) is 4.92. The van der Waals surface area contributed by atoms with Crippen molar-refractivity contribution in [2.75, 3.05) is 31.1 Å². The molecule has 3 aromatic rings. The summed E-state index contributed by atoms with van der Waals surface area (Å²) < 4.78 is 0. The Kier molecular flexibility index (Phi) is 4.83. The van der Waals surface area contributed by atoms with Crippen LogP contribution >= 0.6 is 0 Å². The number of benzene rings is 1. The number of carbonyl (C=O) groups is 1. The molecule has 146 valence electrons. The molecule has 4 rings (SSSR count). The zero-order valence-corrected chi connectivity index (χ0v) is 15.5. The number of carbonyl (C=O) groups excluding carboxylic acids is 1. The molecule has 0 aliphatic carbocycles. The molecule has 9 heteroatoms. The van der Waals surface area contributed by atoms with E-state index in [0.29, 0.717) is 31.7 Å². The number of hydrogen-bond acceptors (Lipinski definition) is 7. The summed E-state index contributed by atoms with van der Waals surface area (Å²) in [6, 6.07) is 10.2. The zero-order chi connectivity index (χ0) is 20.4. The van der Waals surface area contributed by atoms with Crippen molar-refractivity contribution in [3.63, 3.8) is 0 Å². The molecule has 29 heavy (non-hydrogen) atoms. The van der Waals surface area contributed by atoms with Crippen LogP contribution in [0, 0.1) is 11.3 Å². The number of para-hydroxylation sites is 1. The van der Waals surface area contributed by atoms with Crippen LogP contribution in [0.1, 0.15) is 11.4 Å². The molecule has 0 bridgehead atoms. The Morgan fingerprint density at radius 2 is 2.00 bits per heavy atom. The van der Waals surface area contributed by atoms with Crippen molar-refractivity contribution in [1.82, 2.24) is 19.9 Å². The molecule has 1 saturated heterocycles. The van der Waals surface area contributed by atoms with E-state index in [1.807, 2.05) is 6.07 Å². The topological polar surface area (TPSA) is 126 Å². The number of phenols is 1. The van der Waals surface area contributed by atoms with Crippen LogP contribution < -0.4 is 10.5 Å². The van der Waals surface area contributed by atoms with Gasteiger partial charge in [-0.2, -0.15) is 5.26 Å². The Labute approximate surface area is 165 Å². The maximum atomic E-state index is 12.7. The van der Waals surface area contributed by atoms with E-state index in [-0.39, 0.29) is 40.4 Å². The minimum atomic E-state index is -0.384. The van der Waals surface area contributed by atoms with Crippen LogP contribution in [0.25, 0.3) is 10.9 Å². The van der Waals surface area contributed by atoms with Crippen molar-refractivity contribution in [2.45, 2.75) is 6.42 Å². The fourth-order valence-electron chi connectivity index (χ4n) is 3.36. The first-order chi connectivity index (χ1) is 14.0. The molecule has 2 aromatic heterocycles. The number of nitriles is 1. The van der Waals surface area contributed by atoms with Gasteiger partial charge in [-0.3, -0.25) is 9.59 Å². The lowest BCUT2D eigenvalue weighted by Crippen LogP contribution is -2.49. The van der Waals surface area contributed by atoms with Crippen molar-refractivity contribution in [3.8, 4) is 11.8 Å². The number of nitrogens with zero attached hydrogens (tertiary/aromatic N) is 5. The van der Waals surface area contributed by atoms with Crippen molar-refractivity contribution < 1.29 is 9.90 Å². The van der Waals surface area contributed by atoms with E-state index in [4.69, 9.17) is 5.26 Å². The van der Waals surface area contributed by atoms with Crippen LogP contribution in [0.4, 0.5) is 5.82 Å². The average Bonchev–Trinajstić information content (AvgIpc) is 2.75. The highest BCUT2D eigenvalue weighted by Crippen LogP contribution is 2.19. The number of aromatic amines is 1. The summed E-state index contributed by atoms with van der Waals surface area (Å²) in [5.41, 5.74) is 0.312. The number of aromatic nitrogens is 3. The zero-order valence-electron chi connectivity index (χ0n) is 15.5. The maximum absolute atomic E-state index is 12.7. The molecule has 3 heterocycles. The Morgan fingerprint density at radius 1 is 1.21 bits per heavy atom. The van der Waals surface area contributed by atoms with Crippen LogP contribution in [0.5, 0.6) is 5.75 Å². The minimum absolute atomic E-state index is 0.0470. The highest BCUT2D eigenvalue weighted by molar-refractivity contribution is 5.84. The van der Waals surface area contributed by atoms with Crippen molar-refractivity contribution in [3.05, 3.63) is 58.3 Å². The largest absolute Gasteiger partial charge is 0.506 e. The Bertz CT molecular complexity index is 1160. The van der Waals surface area contributed by atoms with E-state index in [2.05, 4.69) is 19.9 Å². The van der Waals surface area contributed by atoms with Gasteiger partial charge in [0.1, 0.15) is 29.0 Å². The predicted molar refractivity (Wildman–Crippen MR) is 105 cm³/mol. The summed E-state index contributed by atoms with van der Waals surface area (Å²) >= 11 is 0. The van der Waals surface area contributed by atoms with Gasteiger partial charge in [0.2, 0.25) is 5.91 Å². The Balaban J connectivity index is 1.42. The van der Waals surface area contributed by atoms with E-state index < -0.39 is 0 Å². The summed E-state index contributed by atoms with van der Waals surface area (Å²) in [6.07, 6.45) is 1.48. The lowest BCUT2D eigenvalue weighted by Gasteiger charge is -2.35. The van der Waals surface area contributed by atoms with Gasteiger partial charge in [0, 0.05) is 32.4 Å². The molecule has 0 saturated carbocycles. The number of H-pyrrole nitrogens is 1. The number of hydrogen-bond donors (Lipinski definition) is 2. The van der Waals surface area contributed by atoms with Gasteiger partial charge in [0.15, 0.2) is 0 Å². The lowest BCUT2D eigenvalue weighted by atomic mass is 10.2. The first-order valence-electron chi connectivity index (χ1n) is 9.15. The normalized spacial score (nSPS) is 14.0. The average molecular weight is 390 g/mol. The highest BCUT2D eigenvalue weighted by Gasteiger charge is 2.23. The molecule has 9 nitrogen and oxygen atoms in total. The van der Waals surface area contributed by atoms with Crippen LogP contribution in [0.2, 0.25) is 0 Å². The summed E-state index contributed by atoms with van der Waals surface area (Å²) in [5.74, 6) is 0.762. The van der Waals surface area contributed by atoms with Crippen molar-refractivity contribution >= 4 is 22.6 Å². The third-order valence-corrected chi connectivity index (χ3v) is 4.92. The summed E-state index contributed by atoms with van der Waals surface area (Å²) in [7, 11) is 0. The second-order valence-corrected chi connectivity index (χ2v) is 6.75. The van der Waals surface area contributed by atoms with Gasteiger partial charge in [-0.05, 0) is 24.3 Å². The van der Waals surface area contributed by atoms with Gasteiger partial charge in [-0.15, -0.1) is 0 Å². The Hall–Kier alpha value is -3.93. The van der Waals surface area contributed by atoms with Gasteiger partial charge in [-0.25, -0.2) is 9.97 Å². The number of amides is 1. The standard InChI is InChI=1S/C20H18N6O3/c21-11-13-4-5-17(22-12-13)25-6-8-26(9-7-25)18(28)10-16-23-19-14(20(29)24-16)2-1-3-15(19)27/h1-5,12,27H,6-10H2,(H,23,24,29). The van der Waals surface area contributed by atoms with Gasteiger partial charge >= 0.3 is 0 Å². The number of anilines is 1. The van der Waals surface area contributed by atoms with E-state index in [9.17, 15) is 14.7 Å². The molecule has 1 amide bonds. The fraction of sp³-hybridized carbons (Fsp3) is 0.250. The second-order valence-electron chi connectivity index (χ2n) is 6.75. The molecule has 0 atom stereocenters. The van der Waals surface area contributed by atoms with Gasteiger partial charge in [-0.1, -0.05) is 6.07 Å². The molecule has 0 radical (unpaired) electrons. The summed E-state index contributed by atoms with van der Waals surface area (Å²) in [6.45, 7) is 2.27. The molecule has 1 aromatic carbocycles. The van der Waals surface area contributed by atoms with E-state index in [0.717, 1.165) is 5.82 Å². The molecule has 1 fully saturated rings. The number of nitrogens with one attached hydrogen (secondary N) is 1. The van der Waals surface area contributed by atoms with Crippen LogP contribution in [0.15, 0.2) is 41.3 Å². The first-order valence-corrected chi connectivity index (χ1v) is 9.15. The third kappa shape index (κ3) is 3.73. The molecule has 0 spiro atoms. The second kappa shape index (κ2) is 7.59.